The van der Waals surface area contributed by atoms with E-state index in [-0.39, 0.29) is 5.91 Å². The van der Waals surface area contributed by atoms with Crippen LogP contribution >= 0.6 is 23.1 Å². The molecule has 0 bridgehead atoms. The molecular formula is C17H22N4O2S2. The van der Waals surface area contributed by atoms with Gasteiger partial charge in [0.25, 0.3) is 0 Å². The molecule has 1 aliphatic carbocycles. The van der Waals surface area contributed by atoms with Crippen LogP contribution in [0.5, 0.6) is 5.75 Å². The van der Waals surface area contributed by atoms with E-state index in [4.69, 9.17) is 4.74 Å². The summed E-state index contributed by atoms with van der Waals surface area (Å²) in [5.41, 5.74) is 0.857. The molecule has 0 aliphatic heterocycles. The van der Waals surface area contributed by atoms with Crippen molar-refractivity contribution < 1.29 is 9.53 Å². The first-order valence-electron chi connectivity index (χ1n) is 8.49. The molecule has 1 saturated carbocycles. The van der Waals surface area contributed by atoms with Crippen LogP contribution in [0.25, 0.3) is 0 Å². The Morgan fingerprint density at radius 3 is 2.92 bits per heavy atom. The van der Waals surface area contributed by atoms with Gasteiger partial charge in [-0.15, -0.1) is 10.2 Å². The Balaban J connectivity index is 1.51. The van der Waals surface area contributed by atoms with Crippen molar-refractivity contribution in [2.75, 3.05) is 17.7 Å². The summed E-state index contributed by atoms with van der Waals surface area (Å²) in [6.07, 6.45) is 4.63. The Kier molecular flexibility index (Phi) is 6.52. The molecule has 2 aromatic rings. The number of rotatable bonds is 8. The zero-order chi connectivity index (χ0) is 17.5. The van der Waals surface area contributed by atoms with Crippen molar-refractivity contribution in [3.63, 3.8) is 0 Å². The van der Waals surface area contributed by atoms with Gasteiger partial charge in [-0.1, -0.05) is 48.1 Å². The molecule has 1 aromatic heterocycles. The van der Waals surface area contributed by atoms with Crippen LogP contribution in [0, 0.1) is 0 Å². The van der Waals surface area contributed by atoms with E-state index in [2.05, 4.69) is 20.8 Å². The maximum atomic E-state index is 12.0. The quantitative estimate of drug-likeness (QED) is 0.680. The van der Waals surface area contributed by atoms with E-state index in [1.54, 1.807) is 0 Å². The molecule has 1 aliphatic rings. The molecule has 3 rings (SSSR count). The Morgan fingerprint density at radius 2 is 2.12 bits per heavy atom. The van der Waals surface area contributed by atoms with Crippen molar-refractivity contribution in [3.05, 3.63) is 24.3 Å². The van der Waals surface area contributed by atoms with Gasteiger partial charge in [0.2, 0.25) is 11.0 Å². The lowest BCUT2D eigenvalue weighted by Crippen LogP contribution is -2.33. The molecule has 1 fully saturated rings. The molecule has 8 heteroatoms. The Hall–Kier alpha value is -1.80. The number of ether oxygens (including phenoxy) is 1. The molecule has 0 atom stereocenters. The lowest BCUT2D eigenvalue weighted by Gasteiger charge is -2.10. The normalized spacial score (nSPS) is 14.4. The van der Waals surface area contributed by atoms with Gasteiger partial charge in [-0.25, -0.2) is 0 Å². The third kappa shape index (κ3) is 5.34. The van der Waals surface area contributed by atoms with Crippen molar-refractivity contribution >= 4 is 39.8 Å². The number of nitrogens with zero attached hydrogens (tertiary/aromatic N) is 2. The molecule has 0 saturated heterocycles. The number of amides is 1. The highest BCUT2D eigenvalue weighted by Crippen LogP contribution is 2.31. The number of hydrogen-bond donors (Lipinski definition) is 2. The van der Waals surface area contributed by atoms with Gasteiger partial charge in [0.1, 0.15) is 5.75 Å². The highest BCUT2D eigenvalue weighted by molar-refractivity contribution is 8.01. The predicted octanol–water partition coefficient (Wildman–Crippen LogP) is 3.83. The second-order valence-electron chi connectivity index (χ2n) is 5.76. The molecule has 0 unspecified atom stereocenters. The zero-order valence-corrected chi connectivity index (χ0v) is 15.8. The minimum atomic E-state index is 0.0725. The van der Waals surface area contributed by atoms with Crippen LogP contribution in [0.15, 0.2) is 28.6 Å². The molecule has 134 valence electrons. The number of aromatic nitrogens is 2. The van der Waals surface area contributed by atoms with Crippen LogP contribution in [-0.4, -0.2) is 34.5 Å². The minimum absolute atomic E-state index is 0.0725. The topological polar surface area (TPSA) is 76.1 Å². The summed E-state index contributed by atoms with van der Waals surface area (Å²) in [6, 6.07) is 8.08. The van der Waals surface area contributed by atoms with Crippen LogP contribution in [0.3, 0.4) is 0 Å². The number of hydrogen-bond acceptors (Lipinski definition) is 7. The van der Waals surface area contributed by atoms with Crippen molar-refractivity contribution in [1.82, 2.24) is 15.5 Å². The number of carbonyl (C=O) groups excluding carboxylic acids is 1. The van der Waals surface area contributed by atoms with E-state index in [0.29, 0.717) is 23.5 Å². The molecule has 1 aromatic carbocycles. The summed E-state index contributed by atoms with van der Waals surface area (Å²) in [5.74, 6) is 1.23. The van der Waals surface area contributed by atoms with Gasteiger partial charge < -0.3 is 15.4 Å². The van der Waals surface area contributed by atoms with Crippen molar-refractivity contribution in [2.24, 2.45) is 0 Å². The maximum absolute atomic E-state index is 12.0. The fourth-order valence-electron chi connectivity index (χ4n) is 2.75. The van der Waals surface area contributed by atoms with E-state index in [9.17, 15) is 4.79 Å². The molecule has 1 heterocycles. The second kappa shape index (κ2) is 9.05. The second-order valence-corrected chi connectivity index (χ2v) is 7.96. The SMILES string of the molecule is CCOc1ccccc1Nc1nnc(SCC(=O)NC2CCCC2)s1. The summed E-state index contributed by atoms with van der Waals surface area (Å²) in [5, 5.41) is 15.3. The van der Waals surface area contributed by atoms with Crippen LogP contribution < -0.4 is 15.4 Å². The Morgan fingerprint density at radius 1 is 1.32 bits per heavy atom. The summed E-state index contributed by atoms with van der Waals surface area (Å²) in [7, 11) is 0. The first kappa shape index (κ1) is 18.0. The number of para-hydroxylation sites is 2. The summed E-state index contributed by atoms with van der Waals surface area (Å²) in [4.78, 5) is 12.0. The Bertz CT molecular complexity index is 701. The van der Waals surface area contributed by atoms with E-state index < -0.39 is 0 Å². The van der Waals surface area contributed by atoms with Crippen molar-refractivity contribution in [1.29, 1.82) is 0 Å². The highest BCUT2D eigenvalue weighted by atomic mass is 32.2. The first-order valence-corrected chi connectivity index (χ1v) is 10.3. The summed E-state index contributed by atoms with van der Waals surface area (Å²) < 4.78 is 6.37. The minimum Gasteiger partial charge on any atom is -0.492 e. The standard InChI is InChI=1S/C17H22N4O2S2/c1-2-23-14-10-6-5-9-13(14)19-16-20-21-17(25-16)24-11-15(22)18-12-7-3-4-8-12/h5-6,9-10,12H,2-4,7-8,11H2,1H3,(H,18,22)(H,19,20). The van der Waals surface area contributed by atoms with Crippen molar-refractivity contribution in [2.45, 2.75) is 43.0 Å². The van der Waals surface area contributed by atoms with Gasteiger partial charge in [-0.05, 0) is 31.9 Å². The molecule has 2 N–H and O–H groups in total. The average Bonchev–Trinajstić information content (AvgIpc) is 3.27. The average molecular weight is 379 g/mol. The third-order valence-corrected chi connectivity index (χ3v) is 5.85. The molecule has 0 spiro atoms. The third-order valence-electron chi connectivity index (χ3n) is 3.88. The number of anilines is 2. The summed E-state index contributed by atoms with van der Waals surface area (Å²) in [6.45, 7) is 2.55. The predicted molar refractivity (Wildman–Crippen MR) is 102 cm³/mol. The van der Waals surface area contributed by atoms with Gasteiger partial charge in [0.15, 0.2) is 4.34 Å². The molecule has 6 nitrogen and oxygen atoms in total. The van der Waals surface area contributed by atoms with Crippen LogP contribution in [0.1, 0.15) is 32.6 Å². The molecule has 1 amide bonds. The van der Waals surface area contributed by atoms with Crippen LogP contribution in [0.2, 0.25) is 0 Å². The number of thioether (sulfide) groups is 1. The lowest BCUT2D eigenvalue weighted by atomic mass is 10.2. The maximum Gasteiger partial charge on any atom is 0.230 e. The fourth-order valence-corrected chi connectivity index (χ4v) is 4.33. The summed E-state index contributed by atoms with van der Waals surface area (Å²) >= 11 is 2.85. The number of carbonyl (C=O) groups is 1. The van der Waals surface area contributed by atoms with Gasteiger partial charge in [-0.2, -0.15) is 0 Å². The zero-order valence-electron chi connectivity index (χ0n) is 14.2. The van der Waals surface area contributed by atoms with Crippen LogP contribution in [-0.2, 0) is 4.79 Å². The van der Waals surface area contributed by atoms with E-state index in [1.165, 1.54) is 35.9 Å². The van der Waals surface area contributed by atoms with E-state index in [1.807, 2.05) is 31.2 Å². The van der Waals surface area contributed by atoms with Gasteiger partial charge in [0.05, 0.1) is 18.0 Å². The molecule has 25 heavy (non-hydrogen) atoms. The van der Waals surface area contributed by atoms with E-state index >= 15 is 0 Å². The monoisotopic (exact) mass is 378 g/mol. The van der Waals surface area contributed by atoms with E-state index in [0.717, 1.165) is 28.6 Å². The number of benzene rings is 1. The number of nitrogens with one attached hydrogen (secondary N) is 2. The first-order chi connectivity index (χ1) is 12.2. The highest BCUT2D eigenvalue weighted by Gasteiger charge is 2.17. The molecule has 0 radical (unpaired) electrons. The largest absolute Gasteiger partial charge is 0.492 e. The molecular weight excluding hydrogens is 356 g/mol. The van der Waals surface area contributed by atoms with Gasteiger partial charge in [0, 0.05) is 6.04 Å². The van der Waals surface area contributed by atoms with Crippen molar-refractivity contribution in [3.8, 4) is 5.75 Å². The van der Waals surface area contributed by atoms with Crippen LogP contribution in [0.4, 0.5) is 10.8 Å². The smallest absolute Gasteiger partial charge is 0.230 e. The van der Waals surface area contributed by atoms with Gasteiger partial charge in [-0.3, -0.25) is 4.79 Å². The van der Waals surface area contributed by atoms with Gasteiger partial charge >= 0.3 is 0 Å². The fraction of sp³-hybridized carbons (Fsp3) is 0.471. The Labute approximate surface area is 155 Å². The lowest BCUT2D eigenvalue weighted by molar-refractivity contribution is -0.119.